The summed E-state index contributed by atoms with van der Waals surface area (Å²) >= 11 is 0. The standard InChI is InChI=1S/C16H23NO3/c1-2-8-17(12-16(18)19)9-3-4-13-5-6-15-14(11-13)7-10-20-15/h5-6,11H,2-4,7-10,12H2,1H3,(H,18,19). The number of aryl methyl sites for hydroxylation is 1. The molecule has 1 aliphatic heterocycles. The smallest absolute Gasteiger partial charge is 0.317 e. The van der Waals surface area contributed by atoms with Gasteiger partial charge in [0.05, 0.1) is 13.2 Å². The number of carbonyl (C=O) groups is 1. The van der Waals surface area contributed by atoms with Crippen LogP contribution in [0.1, 0.15) is 30.9 Å². The van der Waals surface area contributed by atoms with E-state index in [9.17, 15) is 4.79 Å². The minimum Gasteiger partial charge on any atom is -0.493 e. The first-order valence-electron chi connectivity index (χ1n) is 7.38. The van der Waals surface area contributed by atoms with Gasteiger partial charge < -0.3 is 9.84 Å². The van der Waals surface area contributed by atoms with Gasteiger partial charge in [-0.2, -0.15) is 0 Å². The molecule has 0 fully saturated rings. The molecular formula is C16H23NO3. The Morgan fingerprint density at radius 3 is 3.00 bits per heavy atom. The predicted octanol–water partition coefficient (Wildman–Crippen LogP) is 2.35. The molecule has 4 nitrogen and oxygen atoms in total. The molecular weight excluding hydrogens is 254 g/mol. The maximum absolute atomic E-state index is 10.8. The number of nitrogens with zero attached hydrogens (tertiary/aromatic N) is 1. The largest absolute Gasteiger partial charge is 0.493 e. The number of rotatable bonds is 8. The Morgan fingerprint density at radius 1 is 1.40 bits per heavy atom. The van der Waals surface area contributed by atoms with E-state index in [0.29, 0.717) is 0 Å². The topological polar surface area (TPSA) is 49.8 Å². The average molecular weight is 277 g/mol. The fourth-order valence-electron chi connectivity index (χ4n) is 2.68. The van der Waals surface area contributed by atoms with Crippen molar-refractivity contribution in [3.05, 3.63) is 29.3 Å². The SMILES string of the molecule is CCCN(CCCc1ccc2c(c1)CCO2)CC(=O)O. The van der Waals surface area contributed by atoms with Gasteiger partial charge in [0.15, 0.2) is 0 Å². The second-order valence-electron chi connectivity index (χ2n) is 5.31. The molecule has 4 heteroatoms. The number of fused-ring (bicyclic) bond motifs is 1. The van der Waals surface area contributed by atoms with Crippen molar-refractivity contribution in [2.24, 2.45) is 0 Å². The lowest BCUT2D eigenvalue weighted by Gasteiger charge is -2.19. The van der Waals surface area contributed by atoms with Gasteiger partial charge in [0, 0.05) is 6.42 Å². The first-order chi connectivity index (χ1) is 9.69. The number of hydrogen-bond acceptors (Lipinski definition) is 3. The van der Waals surface area contributed by atoms with Crippen molar-refractivity contribution < 1.29 is 14.6 Å². The Kier molecular flexibility index (Phi) is 5.41. The van der Waals surface area contributed by atoms with Gasteiger partial charge in [0.2, 0.25) is 0 Å². The highest BCUT2D eigenvalue weighted by Crippen LogP contribution is 2.26. The van der Waals surface area contributed by atoms with Crippen LogP contribution in [-0.4, -0.2) is 42.2 Å². The summed E-state index contributed by atoms with van der Waals surface area (Å²) in [4.78, 5) is 12.8. The van der Waals surface area contributed by atoms with Crippen LogP contribution in [0, 0.1) is 0 Å². The zero-order valence-corrected chi connectivity index (χ0v) is 12.1. The monoisotopic (exact) mass is 277 g/mol. The van der Waals surface area contributed by atoms with Crippen LogP contribution in [0.25, 0.3) is 0 Å². The third kappa shape index (κ3) is 4.23. The summed E-state index contributed by atoms with van der Waals surface area (Å²) in [5, 5.41) is 8.88. The maximum atomic E-state index is 10.8. The van der Waals surface area contributed by atoms with Crippen molar-refractivity contribution in [2.75, 3.05) is 26.2 Å². The van der Waals surface area contributed by atoms with Crippen molar-refractivity contribution in [1.82, 2.24) is 4.90 Å². The fraction of sp³-hybridized carbons (Fsp3) is 0.562. The summed E-state index contributed by atoms with van der Waals surface area (Å²) < 4.78 is 5.50. The highest BCUT2D eigenvalue weighted by Gasteiger charge is 2.12. The van der Waals surface area contributed by atoms with Crippen LogP contribution in [0.15, 0.2) is 18.2 Å². The first-order valence-corrected chi connectivity index (χ1v) is 7.38. The lowest BCUT2D eigenvalue weighted by Crippen LogP contribution is -2.31. The van der Waals surface area contributed by atoms with Crippen molar-refractivity contribution in [3.63, 3.8) is 0 Å². The Balaban J connectivity index is 1.80. The lowest BCUT2D eigenvalue weighted by atomic mass is 10.0. The average Bonchev–Trinajstić information content (AvgIpc) is 2.85. The fourth-order valence-corrected chi connectivity index (χ4v) is 2.68. The van der Waals surface area contributed by atoms with E-state index in [1.807, 2.05) is 4.90 Å². The van der Waals surface area contributed by atoms with E-state index >= 15 is 0 Å². The second-order valence-corrected chi connectivity index (χ2v) is 5.31. The predicted molar refractivity (Wildman–Crippen MR) is 78.3 cm³/mol. The second kappa shape index (κ2) is 7.29. The maximum Gasteiger partial charge on any atom is 0.317 e. The lowest BCUT2D eigenvalue weighted by molar-refractivity contribution is -0.138. The molecule has 1 aromatic carbocycles. The van der Waals surface area contributed by atoms with E-state index in [1.165, 1.54) is 11.1 Å². The number of ether oxygens (including phenoxy) is 1. The third-order valence-corrected chi connectivity index (χ3v) is 3.59. The van der Waals surface area contributed by atoms with Crippen LogP contribution in [0.3, 0.4) is 0 Å². The van der Waals surface area contributed by atoms with Crippen LogP contribution in [0.4, 0.5) is 0 Å². The summed E-state index contributed by atoms with van der Waals surface area (Å²) in [5.74, 6) is 0.278. The molecule has 1 heterocycles. The first kappa shape index (κ1) is 14.9. The van der Waals surface area contributed by atoms with Crippen LogP contribution >= 0.6 is 0 Å². The summed E-state index contributed by atoms with van der Waals surface area (Å²) in [6.45, 7) is 4.71. The van der Waals surface area contributed by atoms with Gasteiger partial charge in [-0.05, 0) is 49.5 Å². The van der Waals surface area contributed by atoms with Crippen molar-refractivity contribution in [2.45, 2.75) is 32.6 Å². The number of hydrogen-bond donors (Lipinski definition) is 1. The Labute approximate surface area is 120 Å². The van der Waals surface area contributed by atoms with Gasteiger partial charge in [-0.3, -0.25) is 9.69 Å². The molecule has 0 radical (unpaired) electrons. The molecule has 20 heavy (non-hydrogen) atoms. The zero-order valence-electron chi connectivity index (χ0n) is 12.1. The Hall–Kier alpha value is -1.55. The van der Waals surface area contributed by atoms with Gasteiger partial charge in [0.1, 0.15) is 5.75 Å². The number of aliphatic carboxylic acids is 1. The molecule has 110 valence electrons. The molecule has 0 atom stereocenters. The molecule has 2 rings (SSSR count). The van der Waals surface area contributed by atoms with E-state index in [4.69, 9.17) is 9.84 Å². The zero-order chi connectivity index (χ0) is 14.4. The van der Waals surface area contributed by atoms with Gasteiger partial charge >= 0.3 is 5.97 Å². The minimum atomic E-state index is -0.742. The van der Waals surface area contributed by atoms with Crippen LogP contribution < -0.4 is 4.74 Å². The van der Waals surface area contributed by atoms with E-state index in [0.717, 1.165) is 51.1 Å². The molecule has 0 aliphatic carbocycles. The van der Waals surface area contributed by atoms with Gasteiger partial charge in [-0.15, -0.1) is 0 Å². The number of carboxylic acids is 1. The van der Waals surface area contributed by atoms with E-state index in [1.54, 1.807) is 0 Å². The van der Waals surface area contributed by atoms with Crippen LogP contribution in [0.2, 0.25) is 0 Å². The normalized spacial score (nSPS) is 13.3. The van der Waals surface area contributed by atoms with Crippen molar-refractivity contribution >= 4 is 5.97 Å². The van der Waals surface area contributed by atoms with Gasteiger partial charge in [-0.1, -0.05) is 19.1 Å². The molecule has 0 unspecified atom stereocenters. The van der Waals surface area contributed by atoms with E-state index in [-0.39, 0.29) is 6.54 Å². The van der Waals surface area contributed by atoms with Crippen LogP contribution in [-0.2, 0) is 17.6 Å². The van der Waals surface area contributed by atoms with Gasteiger partial charge in [0.25, 0.3) is 0 Å². The van der Waals surface area contributed by atoms with Crippen molar-refractivity contribution in [1.29, 1.82) is 0 Å². The third-order valence-electron chi connectivity index (χ3n) is 3.59. The van der Waals surface area contributed by atoms with E-state index in [2.05, 4.69) is 25.1 Å². The van der Waals surface area contributed by atoms with Crippen LogP contribution in [0.5, 0.6) is 5.75 Å². The summed E-state index contributed by atoms with van der Waals surface area (Å²) in [6.07, 6.45) is 3.98. The molecule has 0 amide bonds. The highest BCUT2D eigenvalue weighted by atomic mass is 16.5. The molecule has 1 aliphatic rings. The molecule has 0 saturated carbocycles. The van der Waals surface area contributed by atoms with Gasteiger partial charge in [-0.25, -0.2) is 0 Å². The Morgan fingerprint density at radius 2 is 2.25 bits per heavy atom. The molecule has 0 saturated heterocycles. The number of benzene rings is 1. The highest BCUT2D eigenvalue weighted by molar-refractivity contribution is 5.69. The minimum absolute atomic E-state index is 0.145. The molecule has 1 N–H and O–H groups in total. The molecule has 0 aromatic heterocycles. The molecule has 0 spiro atoms. The summed E-state index contributed by atoms with van der Waals surface area (Å²) in [5.41, 5.74) is 2.62. The quantitative estimate of drug-likeness (QED) is 0.792. The van der Waals surface area contributed by atoms with Crippen molar-refractivity contribution in [3.8, 4) is 5.75 Å². The molecule has 0 bridgehead atoms. The number of carboxylic acid groups (broad SMARTS) is 1. The summed E-state index contributed by atoms with van der Waals surface area (Å²) in [7, 11) is 0. The molecule has 1 aromatic rings. The van der Waals surface area contributed by atoms with E-state index < -0.39 is 5.97 Å². The summed E-state index contributed by atoms with van der Waals surface area (Å²) in [6, 6.07) is 6.40. The Bertz CT molecular complexity index is 459.